The van der Waals surface area contributed by atoms with Crippen LogP contribution in [0.4, 0.5) is 42.9 Å². The van der Waals surface area contributed by atoms with Crippen molar-refractivity contribution < 1.29 is 54.2 Å². The van der Waals surface area contributed by atoms with Crippen LogP contribution in [0.2, 0.25) is 0 Å². The van der Waals surface area contributed by atoms with Crippen LogP contribution >= 0.6 is 0 Å². The maximum atomic E-state index is 14.1. The molecule has 0 aromatic heterocycles. The molecule has 0 radical (unpaired) electrons. The predicted molar refractivity (Wildman–Crippen MR) is 147 cm³/mol. The number of hydrogen-bond acceptors (Lipinski definition) is 7. The first kappa shape index (κ1) is 32.3. The van der Waals surface area contributed by atoms with E-state index in [4.69, 9.17) is 9.47 Å². The summed E-state index contributed by atoms with van der Waals surface area (Å²) in [6.07, 6.45) is -8.28. The topological polar surface area (TPSA) is 123 Å². The Balaban J connectivity index is 1.65. The molecule has 2 atom stereocenters. The number of carbonyl (C=O) groups excluding carboxylic acids is 2. The van der Waals surface area contributed by atoms with E-state index in [1.807, 2.05) is 0 Å². The summed E-state index contributed by atoms with van der Waals surface area (Å²) in [6, 6.07) is 12.5. The molecule has 3 aromatic carbocycles. The van der Waals surface area contributed by atoms with E-state index in [1.165, 1.54) is 31.2 Å². The van der Waals surface area contributed by atoms with Gasteiger partial charge in [0.05, 0.1) is 23.2 Å². The number of nitrogens with one attached hydrogen (secondary N) is 2. The number of para-hydroxylation sites is 1. The Kier molecular flexibility index (Phi) is 8.95. The molecule has 1 aliphatic heterocycles. The number of sulfonamides is 1. The SMILES string of the molecule is C[C@@H]1[C@H](CNC(=O)Oc2ccccc2)Oc2ccc(NC(=O)OC(C)(C)C(F)(F)F)cc2N1S(=O)(=O)c1ccc(F)c(F)c1. The summed E-state index contributed by atoms with van der Waals surface area (Å²) in [7, 11) is -4.67. The molecular weight excluding hydrogens is 617 g/mol. The summed E-state index contributed by atoms with van der Waals surface area (Å²) >= 11 is 0. The van der Waals surface area contributed by atoms with Crippen molar-refractivity contribution >= 4 is 33.6 Å². The van der Waals surface area contributed by atoms with E-state index in [2.05, 4.69) is 15.4 Å². The van der Waals surface area contributed by atoms with Gasteiger partial charge in [0.1, 0.15) is 17.6 Å². The molecule has 236 valence electrons. The highest BCUT2D eigenvalue weighted by Crippen LogP contribution is 2.42. The molecule has 2 N–H and O–H groups in total. The third-order valence-corrected chi connectivity index (χ3v) is 8.41. The Labute approximate surface area is 248 Å². The fourth-order valence-electron chi connectivity index (χ4n) is 4.06. The predicted octanol–water partition coefficient (Wildman–Crippen LogP) is 5.99. The average Bonchev–Trinajstić information content (AvgIpc) is 2.92. The standard InChI is InChI=1S/C28H26F5N3O7S/c1-16-24(15-34-25(37)41-18-7-5-4-6-8-18)42-23-12-9-17(35-26(38)43-27(2,3)28(31,32)33)13-22(23)36(16)44(39,40)19-10-11-20(29)21(30)14-19/h4-14,16,24H,15H2,1-3H3,(H,34,37)(H,35,38)/t16-,24+/m1/s1. The van der Waals surface area contributed by atoms with Crippen molar-refractivity contribution in [1.29, 1.82) is 0 Å². The lowest BCUT2D eigenvalue weighted by molar-refractivity contribution is -0.242. The van der Waals surface area contributed by atoms with E-state index in [-0.39, 0.29) is 29.4 Å². The van der Waals surface area contributed by atoms with Crippen LogP contribution in [0.3, 0.4) is 0 Å². The van der Waals surface area contributed by atoms with E-state index in [1.54, 1.807) is 18.2 Å². The fraction of sp³-hybridized carbons (Fsp3) is 0.286. The normalized spacial score (nSPS) is 16.8. The highest BCUT2D eigenvalue weighted by molar-refractivity contribution is 7.92. The third kappa shape index (κ3) is 6.96. The van der Waals surface area contributed by atoms with Crippen LogP contribution in [-0.2, 0) is 14.8 Å². The molecule has 1 aliphatic rings. The number of nitrogens with zero attached hydrogens (tertiary/aromatic N) is 1. The van der Waals surface area contributed by atoms with Gasteiger partial charge in [0.2, 0.25) is 5.60 Å². The molecule has 4 rings (SSSR count). The minimum atomic E-state index is -4.88. The van der Waals surface area contributed by atoms with Crippen LogP contribution in [-0.4, -0.2) is 51.1 Å². The minimum absolute atomic E-state index is 0.0768. The number of fused-ring (bicyclic) bond motifs is 1. The monoisotopic (exact) mass is 643 g/mol. The van der Waals surface area contributed by atoms with Gasteiger partial charge >= 0.3 is 18.4 Å². The van der Waals surface area contributed by atoms with Crippen LogP contribution in [0.5, 0.6) is 11.5 Å². The highest BCUT2D eigenvalue weighted by Gasteiger charge is 2.51. The van der Waals surface area contributed by atoms with Crippen molar-refractivity contribution in [2.24, 2.45) is 0 Å². The van der Waals surface area contributed by atoms with Gasteiger partial charge in [-0.1, -0.05) is 18.2 Å². The maximum Gasteiger partial charge on any atom is 0.427 e. The Hall–Kier alpha value is -4.60. The molecule has 0 spiro atoms. The highest BCUT2D eigenvalue weighted by atomic mass is 32.2. The molecular formula is C28H26F5N3O7S. The van der Waals surface area contributed by atoms with Gasteiger partial charge in [0, 0.05) is 5.69 Å². The number of ether oxygens (including phenoxy) is 3. The molecule has 0 fully saturated rings. The van der Waals surface area contributed by atoms with Crippen LogP contribution in [0.1, 0.15) is 20.8 Å². The van der Waals surface area contributed by atoms with Gasteiger partial charge in [-0.2, -0.15) is 13.2 Å². The summed E-state index contributed by atoms with van der Waals surface area (Å²) in [4.78, 5) is 24.0. The molecule has 0 saturated heterocycles. The summed E-state index contributed by atoms with van der Waals surface area (Å²) < 4.78 is 111. The van der Waals surface area contributed by atoms with E-state index in [0.29, 0.717) is 26.0 Å². The third-order valence-electron chi connectivity index (χ3n) is 6.51. The van der Waals surface area contributed by atoms with E-state index in [0.717, 1.165) is 16.4 Å². The van der Waals surface area contributed by atoms with Gasteiger partial charge < -0.3 is 19.5 Å². The first-order valence-electron chi connectivity index (χ1n) is 12.9. The lowest BCUT2D eigenvalue weighted by atomic mass is 10.1. The summed E-state index contributed by atoms with van der Waals surface area (Å²) in [5.41, 5.74) is -3.21. The van der Waals surface area contributed by atoms with Crippen LogP contribution in [0.25, 0.3) is 0 Å². The molecule has 2 amide bonds. The number of benzene rings is 3. The van der Waals surface area contributed by atoms with Gasteiger partial charge in [0.25, 0.3) is 10.0 Å². The zero-order valence-corrected chi connectivity index (χ0v) is 24.1. The smallest absolute Gasteiger partial charge is 0.427 e. The quantitative estimate of drug-likeness (QED) is 0.304. The van der Waals surface area contributed by atoms with Gasteiger partial charge in [-0.3, -0.25) is 9.62 Å². The number of anilines is 2. The van der Waals surface area contributed by atoms with E-state index < -0.39 is 62.7 Å². The lowest BCUT2D eigenvalue weighted by Crippen LogP contribution is -2.54. The lowest BCUT2D eigenvalue weighted by Gasteiger charge is -2.41. The minimum Gasteiger partial charge on any atom is -0.484 e. The summed E-state index contributed by atoms with van der Waals surface area (Å²) in [5, 5.41) is 4.60. The average molecular weight is 644 g/mol. The van der Waals surface area contributed by atoms with Crippen molar-refractivity contribution in [1.82, 2.24) is 5.32 Å². The fourth-order valence-corrected chi connectivity index (χ4v) is 5.75. The van der Waals surface area contributed by atoms with Crippen LogP contribution in [0.15, 0.2) is 71.6 Å². The number of amides is 2. The molecule has 44 heavy (non-hydrogen) atoms. The Morgan fingerprint density at radius 1 is 0.955 bits per heavy atom. The zero-order chi connectivity index (χ0) is 32.4. The van der Waals surface area contributed by atoms with Crippen molar-refractivity contribution in [2.75, 3.05) is 16.2 Å². The van der Waals surface area contributed by atoms with Gasteiger partial charge in [0.15, 0.2) is 11.6 Å². The van der Waals surface area contributed by atoms with Crippen molar-refractivity contribution in [3.05, 3.63) is 78.4 Å². The Morgan fingerprint density at radius 3 is 2.27 bits per heavy atom. The summed E-state index contributed by atoms with van der Waals surface area (Å²) in [5.74, 6) is -2.55. The first-order valence-corrected chi connectivity index (χ1v) is 14.3. The molecule has 0 bridgehead atoms. The molecule has 0 unspecified atom stereocenters. The van der Waals surface area contributed by atoms with Crippen molar-refractivity contribution in [2.45, 2.75) is 49.6 Å². The number of rotatable bonds is 7. The second kappa shape index (κ2) is 12.2. The number of hydrogen-bond donors (Lipinski definition) is 2. The second-order valence-corrected chi connectivity index (χ2v) is 11.9. The molecule has 0 saturated carbocycles. The molecule has 10 nitrogen and oxygen atoms in total. The largest absolute Gasteiger partial charge is 0.484 e. The Bertz CT molecular complexity index is 1650. The second-order valence-electron chi connectivity index (χ2n) is 10.1. The summed E-state index contributed by atoms with van der Waals surface area (Å²) in [6.45, 7) is 2.44. The molecule has 3 aromatic rings. The number of alkyl halides is 3. The Morgan fingerprint density at radius 2 is 1.64 bits per heavy atom. The van der Waals surface area contributed by atoms with Gasteiger partial charge in [-0.05, 0) is 69.3 Å². The first-order chi connectivity index (χ1) is 20.5. The van der Waals surface area contributed by atoms with Crippen molar-refractivity contribution in [3.8, 4) is 11.5 Å². The number of halogens is 5. The maximum absolute atomic E-state index is 14.1. The van der Waals surface area contributed by atoms with Gasteiger partial charge in [-0.25, -0.2) is 26.8 Å². The van der Waals surface area contributed by atoms with Crippen LogP contribution in [0, 0.1) is 11.6 Å². The van der Waals surface area contributed by atoms with E-state index in [9.17, 15) is 40.0 Å². The molecule has 1 heterocycles. The molecule has 16 heteroatoms. The van der Waals surface area contributed by atoms with Crippen molar-refractivity contribution in [3.63, 3.8) is 0 Å². The van der Waals surface area contributed by atoms with Crippen LogP contribution < -0.4 is 24.4 Å². The van der Waals surface area contributed by atoms with E-state index >= 15 is 0 Å². The van der Waals surface area contributed by atoms with Gasteiger partial charge in [-0.15, -0.1) is 0 Å². The zero-order valence-electron chi connectivity index (χ0n) is 23.3. The molecule has 0 aliphatic carbocycles. The number of carbonyl (C=O) groups is 2.